The molecule has 0 N–H and O–H groups in total. The summed E-state index contributed by atoms with van der Waals surface area (Å²) in [5.41, 5.74) is 8.51. The molecule has 0 aliphatic rings. The Bertz CT molecular complexity index is 1590. The summed E-state index contributed by atoms with van der Waals surface area (Å²) in [7, 11) is 0. The van der Waals surface area contributed by atoms with Crippen LogP contribution < -0.4 is 0 Å². The van der Waals surface area contributed by atoms with Crippen LogP contribution >= 0.6 is 0 Å². The molecule has 6 aromatic rings. The smallest absolute Gasteiger partial charge is 0.144 e. The average Bonchev–Trinajstić information content (AvgIpc) is 3.29. The molecule has 0 spiro atoms. The highest BCUT2D eigenvalue weighted by Crippen LogP contribution is 2.40. The number of rotatable bonds is 4. The second-order valence-corrected chi connectivity index (χ2v) is 9.25. The number of pyridine rings is 1. The van der Waals surface area contributed by atoms with Gasteiger partial charge in [0.2, 0.25) is 0 Å². The van der Waals surface area contributed by atoms with Crippen LogP contribution in [0.25, 0.3) is 44.3 Å². The molecule has 0 radical (unpaired) electrons. The predicted octanol–water partition coefficient (Wildman–Crippen LogP) is 8.64. The normalized spacial score (nSPS) is 11.8. The van der Waals surface area contributed by atoms with Crippen LogP contribution in [0.4, 0.5) is 0 Å². The molecule has 6 rings (SSSR count). The summed E-state index contributed by atoms with van der Waals surface area (Å²) in [4.78, 5) is 4.55. The molecule has 0 aliphatic carbocycles. The van der Waals surface area contributed by atoms with E-state index in [9.17, 15) is 0 Å². The fourth-order valence-electron chi connectivity index (χ4n) is 4.86. The first-order chi connectivity index (χ1) is 16.6. The van der Waals surface area contributed by atoms with Crippen molar-refractivity contribution in [2.45, 2.75) is 19.3 Å². The van der Waals surface area contributed by atoms with Crippen LogP contribution in [0.5, 0.6) is 0 Å². The van der Waals surface area contributed by atoms with Crippen LogP contribution in [0.15, 0.2) is 120 Å². The Morgan fingerprint density at radius 1 is 0.559 bits per heavy atom. The van der Waals surface area contributed by atoms with Crippen molar-refractivity contribution in [2.75, 3.05) is 0 Å². The molecule has 4 aromatic carbocycles. The van der Waals surface area contributed by atoms with E-state index in [1.807, 2.05) is 24.4 Å². The monoisotopic (exact) mass is 439 g/mol. The van der Waals surface area contributed by atoms with Crippen molar-refractivity contribution in [1.82, 2.24) is 4.98 Å². The molecule has 0 unspecified atom stereocenters. The summed E-state index contributed by atoms with van der Waals surface area (Å²) in [5, 5.41) is 2.24. The molecule has 164 valence electrons. The van der Waals surface area contributed by atoms with Crippen molar-refractivity contribution in [3.8, 4) is 22.4 Å². The fourth-order valence-corrected chi connectivity index (χ4v) is 4.86. The minimum absolute atomic E-state index is 0.0667. The zero-order valence-electron chi connectivity index (χ0n) is 19.3. The quantitative estimate of drug-likeness (QED) is 0.275. The van der Waals surface area contributed by atoms with Crippen LogP contribution in [0.2, 0.25) is 0 Å². The molecule has 0 saturated carbocycles. The van der Waals surface area contributed by atoms with E-state index < -0.39 is 0 Å². The van der Waals surface area contributed by atoms with E-state index in [1.165, 1.54) is 11.1 Å². The number of para-hydroxylation sites is 2. The lowest BCUT2D eigenvalue weighted by Gasteiger charge is -2.26. The number of hydrogen-bond acceptors (Lipinski definition) is 2. The summed E-state index contributed by atoms with van der Waals surface area (Å²) in [6.45, 7) is 4.55. The van der Waals surface area contributed by atoms with Gasteiger partial charge in [0.25, 0.3) is 0 Å². The lowest BCUT2D eigenvalue weighted by atomic mass is 9.78. The molecule has 2 aromatic heterocycles. The number of nitrogens with zero attached hydrogens (tertiary/aromatic N) is 1. The zero-order valence-corrected chi connectivity index (χ0v) is 19.3. The number of hydrogen-bond donors (Lipinski definition) is 0. The number of aromatic nitrogens is 1. The summed E-state index contributed by atoms with van der Waals surface area (Å²) in [6.07, 6.45) is 1.82. The van der Waals surface area contributed by atoms with Crippen molar-refractivity contribution in [2.24, 2.45) is 0 Å². The van der Waals surface area contributed by atoms with Gasteiger partial charge in [-0.1, -0.05) is 105 Å². The zero-order chi connectivity index (χ0) is 23.1. The second kappa shape index (κ2) is 8.00. The lowest BCUT2D eigenvalue weighted by Crippen LogP contribution is -2.18. The van der Waals surface area contributed by atoms with Crippen LogP contribution in [0.1, 0.15) is 25.0 Å². The van der Waals surface area contributed by atoms with Gasteiger partial charge in [-0.3, -0.25) is 4.98 Å². The van der Waals surface area contributed by atoms with E-state index in [1.54, 1.807) is 0 Å². The Balaban J connectivity index is 1.47. The highest BCUT2D eigenvalue weighted by atomic mass is 16.3. The van der Waals surface area contributed by atoms with Gasteiger partial charge in [-0.2, -0.15) is 0 Å². The maximum Gasteiger partial charge on any atom is 0.144 e. The van der Waals surface area contributed by atoms with E-state index in [2.05, 4.69) is 110 Å². The fraction of sp³-hybridized carbons (Fsp3) is 0.0938. The van der Waals surface area contributed by atoms with E-state index in [4.69, 9.17) is 4.42 Å². The molecule has 0 bridgehead atoms. The molecule has 0 amide bonds. The minimum atomic E-state index is -0.0667. The SMILES string of the molecule is CC(C)(c1ccccc1)c1ccc(-c2cccc3c2oc2c(-c4ccccn4)cccc23)cc1. The van der Waals surface area contributed by atoms with Gasteiger partial charge < -0.3 is 4.42 Å². The Morgan fingerprint density at radius 3 is 1.85 bits per heavy atom. The molecule has 0 aliphatic heterocycles. The number of fused-ring (bicyclic) bond motifs is 3. The highest BCUT2D eigenvalue weighted by molar-refractivity contribution is 6.12. The first-order valence-corrected chi connectivity index (χ1v) is 11.6. The maximum absolute atomic E-state index is 6.55. The summed E-state index contributed by atoms with van der Waals surface area (Å²) in [5.74, 6) is 0. The number of benzene rings is 4. The van der Waals surface area contributed by atoms with E-state index in [0.29, 0.717) is 0 Å². The highest BCUT2D eigenvalue weighted by Gasteiger charge is 2.23. The molecule has 34 heavy (non-hydrogen) atoms. The van der Waals surface area contributed by atoms with Gasteiger partial charge in [0.1, 0.15) is 11.2 Å². The largest absolute Gasteiger partial charge is 0.455 e. The van der Waals surface area contributed by atoms with Crippen molar-refractivity contribution < 1.29 is 4.42 Å². The van der Waals surface area contributed by atoms with Gasteiger partial charge in [-0.05, 0) is 34.9 Å². The van der Waals surface area contributed by atoms with Gasteiger partial charge in [0.05, 0.1) is 5.69 Å². The van der Waals surface area contributed by atoms with E-state index in [0.717, 1.165) is 44.3 Å². The molecular formula is C32H25NO. The van der Waals surface area contributed by atoms with Crippen molar-refractivity contribution in [1.29, 1.82) is 0 Å². The van der Waals surface area contributed by atoms with Crippen LogP contribution in [-0.2, 0) is 5.41 Å². The molecule has 2 heteroatoms. The molecule has 0 saturated heterocycles. The summed E-state index contributed by atoms with van der Waals surface area (Å²) in [6, 6.07) is 38.2. The Hall–Kier alpha value is -4.17. The molecule has 2 nitrogen and oxygen atoms in total. The van der Waals surface area contributed by atoms with Crippen LogP contribution in [0, 0.1) is 0 Å². The molecular weight excluding hydrogens is 414 g/mol. The maximum atomic E-state index is 6.55. The second-order valence-electron chi connectivity index (χ2n) is 9.25. The van der Waals surface area contributed by atoms with E-state index >= 15 is 0 Å². The minimum Gasteiger partial charge on any atom is -0.455 e. The van der Waals surface area contributed by atoms with Crippen LogP contribution in [0.3, 0.4) is 0 Å². The molecule has 2 heterocycles. The van der Waals surface area contributed by atoms with Crippen molar-refractivity contribution in [3.05, 3.63) is 127 Å². The van der Waals surface area contributed by atoms with E-state index in [-0.39, 0.29) is 5.41 Å². The molecule has 0 atom stereocenters. The van der Waals surface area contributed by atoms with Gasteiger partial charge in [-0.15, -0.1) is 0 Å². The van der Waals surface area contributed by atoms with Gasteiger partial charge >= 0.3 is 0 Å². The average molecular weight is 440 g/mol. The topological polar surface area (TPSA) is 26.0 Å². The third kappa shape index (κ3) is 3.31. The van der Waals surface area contributed by atoms with Gasteiger partial charge in [-0.25, -0.2) is 0 Å². The van der Waals surface area contributed by atoms with Crippen molar-refractivity contribution in [3.63, 3.8) is 0 Å². The Labute approximate surface area is 199 Å². The molecule has 0 fully saturated rings. The number of furan rings is 1. The Morgan fingerprint density at radius 2 is 1.18 bits per heavy atom. The summed E-state index contributed by atoms with van der Waals surface area (Å²) < 4.78 is 6.55. The van der Waals surface area contributed by atoms with Crippen LogP contribution in [-0.4, -0.2) is 4.98 Å². The first-order valence-electron chi connectivity index (χ1n) is 11.6. The van der Waals surface area contributed by atoms with Gasteiger partial charge in [0.15, 0.2) is 0 Å². The van der Waals surface area contributed by atoms with Crippen molar-refractivity contribution >= 4 is 21.9 Å². The predicted molar refractivity (Wildman–Crippen MR) is 141 cm³/mol. The first kappa shape index (κ1) is 20.4. The third-order valence-corrected chi connectivity index (χ3v) is 6.88. The third-order valence-electron chi connectivity index (χ3n) is 6.88. The van der Waals surface area contributed by atoms with Gasteiger partial charge in [0, 0.05) is 33.5 Å². The standard InChI is InChI=1S/C32H25NO/c1-32(2,23-10-4-3-5-11-23)24-19-17-22(18-20-24)25-12-8-13-26-27-14-9-15-28(31(27)34-30(25)26)29-16-6-7-21-33-29/h3-21H,1-2H3. The Kier molecular flexibility index (Phi) is 4.81. The summed E-state index contributed by atoms with van der Waals surface area (Å²) >= 11 is 0. The lowest BCUT2D eigenvalue weighted by molar-refractivity contribution is 0.641.